The maximum Gasteiger partial charge on any atom is 0.260 e. The van der Waals surface area contributed by atoms with Crippen molar-refractivity contribution in [3.8, 4) is 0 Å². The number of hydrazone groups is 1. The summed E-state index contributed by atoms with van der Waals surface area (Å²) in [7, 11) is -3.63. The first-order valence-electron chi connectivity index (χ1n) is 8.35. The third-order valence-electron chi connectivity index (χ3n) is 4.15. The predicted molar refractivity (Wildman–Crippen MR) is 102 cm³/mol. The SMILES string of the molecule is Cc1ccc(N(CC(=O)NN=C2CCCCCC2)S(C)(=O)=O)cc1Cl. The van der Waals surface area contributed by atoms with Gasteiger partial charge in [-0.05, 0) is 50.3 Å². The van der Waals surface area contributed by atoms with Gasteiger partial charge in [0.2, 0.25) is 10.0 Å². The summed E-state index contributed by atoms with van der Waals surface area (Å²) < 4.78 is 25.2. The Bertz CT molecular complexity index is 752. The van der Waals surface area contributed by atoms with Crippen LogP contribution in [0.4, 0.5) is 5.69 Å². The summed E-state index contributed by atoms with van der Waals surface area (Å²) in [6.07, 6.45) is 7.34. The zero-order valence-electron chi connectivity index (χ0n) is 14.6. The number of hydrogen-bond acceptors (Lipinski definition) is 4. The zero-order chi connectivity index (χ0) is 18.4. The predicted octanol–water partition coefficient (Wildman–Crippen LogP) is 3.24. The number of nitrogens with one attached hydrogen (secondary N) is 1. The van der Waals surface area contributed by atoms with Crippen molar-refractivity contribution in [2.24, 2.45) is 5.10 Å². The van der Waals surface area contributed by atoms with E-state index in [0.29, 0.717) is 10.7 Å². The monoisotopic (exact) mass is 385 g/mol. The Morgan fingerprint density at radius 3 is 2.44 bits per heavy atom. The largest absolute Gasteiger partial charge is 0.271 e. The van der Waals surface area contributed by atoms with E-state index in [1.54, 1.807) is 18.2 Å². The van der Waals surface area contributed by atoms with Gasteiger partial charge in [0.1, 0.15) is 6.54 Å². The van der Waals surface area contributed by atoms with E-state index in [2.05, 4.69) is 10.5 Å². The van der Waals surface area contributed by atoms with E-state index in [4.69, 9.17) is 11.6 Å². The Kier molecular flexibility index (Phi) is 6.84. The molecule has 138 valence electrons. The molecule has 1 fully saturated rings. The first kappa shape index (κ1) is 19.7. The minimum absolute atomic E-state index is 0.338. The van der Waals surface area contributed by atoms with Crippen LogP contribution in [0.25, 0.3) is 0 Å². The van der Waals surface area contributed by atoms with Crippen LogP contribution in [0, 0.1) is 6.92 Å². The fourth-order valence-corrected chi connectivity index (χ4v) is 3.72. The second-order valence-electron chi connectivity index (χ2n) is 6.33. The number of hydrogen-bond donors (Lipinski definition) is 1. The van der Waals surface area contributed by atoms with Crippen LogP contribution in [0.3, 0.4) is 0 Å². The van der Waals surface area contributed by atoms with Gasteiger partial charge in [-0.2, -0.15) is 5.10 Å². The van der Waals surface area contributed by atoms with E-state index in [0.717, 1.165) is 47.5 Å². The lowest BCUT2D eigenvalue weighted by atomic mass is 10.2. The Hall–Kier alpha value is -1.60. The number of sulfonamides is 1. The fraction of sp³-hybridized carbons (Fsp3) is 0.529. The molecule has 0 heterocycles. The molecule has 2 rings (SSSR count). The van der Waals surface area contributed by atoms with Crippen molar-refractivity contribution in [1.29, 1.82) is 0 Å². The van der Waals surface area contributed by atoms with Gasteiger partial charge in [0.25, 0.3) is 5.91 Å². The Morgan fingerprint density at radius 2 is 1.88 bits per heavy atom. The average molecular weight is 386 g/mol. The Balaban J connectivity index is 2.10. The van der Waals surface area contributed by atoms with E-state index in [1.165, 1.54) is 12.8 Å². The summed E-state index contributed by atoms with van der Waals surface area (Å²) >= 11 is 6.08. The quantitative estimate of drug-likeness (QED) is 0.624. The number of benzene rings is 1. The molecule has 1 aliphatic rings. The number of anilines is 1. The molecule has 0 bridgehead atoms. The van der Waals surface area contributed by atoms with Gasteiger partial charge in [-0.3, -0.25) is 9.10 Å². The third kappa shape index (κ3) is 6.01. The molecule has 0 radical (unpaired) electrons. The molecule has 1 saturated carbocycles. The van der Waals surface area contributed by atoms with Crippen LogP contribution in [0.5, 0.6) is 0 Å². The van der Waals surface area contributed by atoms with E-state index < -0.39 is 15.9 Å². The molecule has 1 amide bonds. The van der Waals surface area contributed by atoms with Gasteiger partial charge in [0.05, 0.1) is 11.9 Å². The molecule has 0 unspecified atom stereocenters. The molecule has 1 aromatic rings. The number of aryl methyl sites for hydroxylation is 1. The van der Waals surface area contributed by atoms with Crippen molar-refractivity contribution < 1.29 is 13.2 Å². The molecular formula is C17H24ClN3O3S. The molecule has 8 heteroatoms. The van der Waals surface area contributed by atoms with E-state index in [9.17, 15) is 13.2 Å². The van der Waals surface area contributed by atoms with Crippen molar-refractivity contribution in [3.63, 3.8) is 0 Å². The minimum Gasteiger partial charge on any atom is -0.271 e. The lowest BCUT2D eigenvalue weighted by Crippen LogP contribution is -2.39. The first-order chi connectivity index (χ1) is 11.8. The summed E-state index contributed by atoms with van der Waals surface area (Å²) in [4.78, 5) is 12.2. The average Bonchev–Trinajstić information content (AvgIpc) is 2.81. The number of carbonyl (C=O) groups is 1. The zero-order valence-corrected chi connectivity index (χ0v) is 16.2. The van der Waals surface area contributed by atoms with Crippen LogP contribution in [0.2, 0.25) is 5.02 Å². The highest BCUT2D eigenvalue weighted by atomic mass is 35.5. The Morgan fingerprint density at radius 1 is 1.24 bits per heavy atom. The van der Waals surface area contributed by atoms with Gasteiger partial charge < -0.3 is 0 Å². The maximum absolute atomic E-state index is 12.2. The second-order valence-corrected chi connectivity index (χ2v) is 8.64. The molecule has 0 atom stereocenters. The van der Waals surface area contributed by atoms with Crippen molar-refractivity contribution in [3.05, 3.63) is 28.8 Å². The van der Waals surface area contributed by atoms with Crippen molar-refractivity contribution in [2.75, 3.05) is 17.1 Å². The van der Waals surface area contributed by atoms with Gasteiger partial charge in [-0.25, -0.2) is 13.8 Å². The highest BCUT2D eigenvalue weighted by Crippen LogP contribution is 2.24. The molecule has 1 N–H and O–H groups in total. The van der Waals surface area contributed by atoms with Gasteiger partial charge in [0, 0.05) is 10.7 Å². The van der Waals surface area contributed by atoms with Gasteiger partial charge >= 0.3 is 0 Å². The minimum atomic E-state index is -3.63. The molecule has 6 nitrogen and oxygen atoms in total. The number of rotatable bonds is 5. The molecule has 0 aromatic heterocycles. The van der Waals surface area contributed by atoms with Crippen molar-refractivity contribution >= 4 is 38.9 Å². The molecule has 0 aliphatic heterocycles. The van der Waals surface area contributed by atoms with Crippen LogP contribution in [0.1, 0.15) is 44.1 Å². The van der Waals surface area contributed by atoms with E-state index in [1.807, 2.05) is 6.92 Å². The van der Waals surface area contributed by atoms with Crippen LogP contribution in [-0.2, 0) is 14.8 Å². The molecule has 1 aliphatic carbocycles. The van der Waals surface area contributed by atoms with E-state index >= 15 is 0 Å². The second kappa shape index (κ2) is 8.67. The summed E-state index contributed by atoms with van der Waals surface area (Å²) in [5.41, 5.74) is 4.65. The van der Waals surface area contributed by atoms with Crippen LogP contribution in [-0.4, -0.2) is 32.8 Å². The van der Waals surface area contributed by atoms with Crippen LogP contribution < -0.4 is 9.73 Å². The van der Waals surface area contributed by atoms with Crippen molar-refractivity contribution in [2.45, 2.75) is 45.4 Å². The summed E-state index contributed by atoms with van der Waals surface area (Å²) in [5.74, 6) is -0.473. The summed E-state index contributed by atoms with van der Waals surface area (Å²) in [6.45, 7) is 1.49. The number of halogens is 1. The molecule has 0 spiro atoms. The van der Waals surface area contributed by atoms with Gasteiger partial charge in [0.15, 0.2) is 0 Å². The molecular weight excluding hydrogens is 362 g/mol. The molecule has 1 aromatic carbocycles. The topological polar surface area (TPSA) is 78.8 Å². The first-order valence-corrected chi connectivity index (χ1v) is 10.6. The number of carbonyl (C=O) groups excluding carboxylic acids is 1. The fourth-order valence-electron chi connectivity index (χ4n) is 2.69. The lowest BCUT2D eigenvalue weighted by Gasteiger charge is -2.22. The molecule has 25 heavy (non-hydrogen) atoms. The lowest BCUT2D eigenvalue weighted by molar-refractivity contribution is -0.119. The normalized spacial score (nSPS) is 15.4. The maximum atomic E-state index is 12.2. The van der Waals surface area contributed by atoms with Crippen LogP contribution in [0.15, 0.2) is 23.3 Å². The number of nitrogens with zero attached hydrogens (tertiary/aromatic N) is 2. The van der Waals surface area contributed by atoms with Crippen LogP contribution >= 0.6 is 11.6 Å². The summed E-state index contributed by atoms with van der Waals surface area (Å²) in [6, 6.07) is 4.90. The number of amides is 1. The Labute approximate surface area is 154 Å². The van der Waals surface area contributed by atoms with E-state index in [-0.39, 0.29) is 6.54 Å². The van der Waals surface area contributed by atoms with Crippen molar-refractivity contribution in [1.82, 2.24) is 5.43 Å². The third-order valence-corrected chi connectivity index (χ3v) is 5.70. The summed E-state index contributed by atoms with van der Waals surface area (Å²) in [5, 5.41) is 4.62. The van der Waals surface area contributed by atoms with Gasteiger partial charge in [-0.1, -0.05) is 30.5 Å². The molecule has 0 saturated heterocycles. The smallest absolute Gasteiger partial charge is 0.260 e. The standard InChI is InChI=1S/C17H24ClN3O3S/c1-13-9-10-15(11-16(13)18)21(25(2,23)24)12-17(22)20-19-14-7-5-3-4-6-8-14/h9-11H,3-8,12H2,1-2H3,(H,20,22). The highest BCUT2D eigenvalue weighted by Gasteiger charge is 2.21. The van der Waals surface area contributed by atoms with Gasteiger partial charge in [-0.15, -0.1) is 0 Å². The highest BCUT2D eigenvalue weighted by molar-refractivity contribution is 7.92.